The molecule has 1 aromatic carbocycles. The van der Waals surface area contributed by atoms with Gasteiger partial charge in [0.25, 0.3) is 0 Å². The molecule has 0 radical (unpaired) electrons. The molecular weight excluding hydrogens is 226 g/mol. The SMILES string of the molecule is COC[C@@](C)(NCc1ccco1)c1ccccc1. The van der Waals surface area contributed by atoms with Gasteiger partial charge in [-0.1, -0.05) is 30.3 Å². The van der Waals surface area contributed by atoms with E-state index < -0.39 is 0 Å². The molecule has 2 aromatic rings. The Bertz CT molecular complexity index is 453. The van der Waals surface area contributed by atoms with E-state index in [-0.39, 0.29) is 5.54 Å². The van der Waals surface area contributed by atoms with Gasteiger partial charge in [-0.05, 0) is 24.6 Å². The highest BCUT2D eigenvalue weighted by Crippen LogP contribution is 2.21. The maximum Gasteiger partial charge on any atom is 0.117 e. The average molecular weight is 245 g/mol. The van der Waals surface area contributed by atoms with Gasteiger partial charge in [-0.25, -0.2) is 0 Å². The minimum absolute atomic E-state index is 0.219. The van der Waals surface area contributed by atoms with Crippen LogP contribution in [-0.2, 0) is 16.8 Å². The highest BCUT2D eigenvalue weighted by Gasteiger charge is 2.25. The molecule has 2 rings (SSSR count). The number of methoxy groups -OCH3 is 1. The molecule has 1 aromatic heterocycles. The summed E-state index contributed by atoms with van der Waals surface area (Å²) < 4.78 is 10.7. The number of ether oxygens (including phenoxy) is 1. The fraction of sp³-hybridized carbons (Fsp3) is 0.333. The van der Waals surface area contributed by atoms with Crippen LogP contribution in [0.3, 0.4) is 0 Å². The van der Waals surface area contributed by atoms with Crippen LogP contribution in [0.15, 0.2) is 53.1 Å². The van der Waals surface area contributed by atoms with Crippen molar-refractivity contribution in [2.75, 3.05) is 13.7 Å². The van der Waals surface area contributed by atoms with Gasteiger partial charge in [-0.2, -0.15) is 0 Å². The lowest BCUT2D eigenvalue weighted by atomic mass is 9.93. The monoisotopic (exact) mass is 245 g/mol. The molecule has 1 atom stereocenters. The Balaban J connectivity index is 2.11. The second-order valence-electron chi connectivity index (χ2n) is 4.56. The molecule has 3 nitrogen and oxygen atoms in total. The predicted octanol–water partition coefficient (Wildman–Crippen LogP) is 2.93. The van der Waals surface area contributed by atoms with Crippen LogP contribution in [-0.4, -0.2) is 13.7 Å². The van der Waals surface area contributed by atoms with Gasteiger partial charge in [0.2, 0.25) is 0 Å². The maximum absolute atomic E-state index is 5.34. The van der Waals surface area contributed by atoms with Crippen molar-refractivity contribution in [3.63, 3.8) is 0 Å². The van der Waals surface area contributed by atoms with Crippen molar-refractivity contribution in [3.05, 3.63) is 60.1 Å². The lowest BCUT2D eigenvalue weighted by molar-refractivity contribution is 0.115. The Morgan fingerprint density at radius 2 is 1.94 bits per heavy atom. The third-order valence-corrected chi connectivity index (χ3v) is 3.08. The summed E-state index contributed by atoms with van der Waals surface area (Å²) in [7, 11) is 1.72. The molecule has 1 heterocycles. The minimum atomic E-state index is -0.219. The van der Waals surface area contributed by atoms with E-state index in [9.17, 15) is 0 Å². The van der Waals surface area contributed by atoms with Crippen molar-refractivity contribution in [3.8, 4) is 0 Å². The molecule has 0 aliphatic heterocycles. The quantitative estimate of drug-likeness (QED) is 0.849. The molecule has 0 bridgehead atoms. The van der Waals surface area contributed by atoms with E-state index in [0.717, 1.165) is 5.76 Å². The molecule has 18 heavy (non-hydrogen) atoms. The predicted molar refractivity (Wildman–Crippen MR) is 71.2 cm³/mol. The first-order valence-electron chi connectivity index (χ1n) is 6.06. The van der Waals surface area contributed by atoms with Crippen molar-refractivity contribution >= 4 is 0 Å². The van der Waals surface area contributed by atoms with E-state index >= 15 is 0 Å². The van der Waals surface area contributed by atoms with Gasteiger partial charge >= 0.3 is 0 Å². The second-order valence-corrected chi connectivity index (χ2v) is 4.56. The fourth-order valence-corrected chi connectivity index (χ4v) is 2.03. The smallest absolute Gasteiger partial charge is 0.117 e. The number of furan rings is 1. The molecule has 0 aliphatic carbocycles. The molecule has 0 spiro atoms. The zero-order valence-electron chi connectivity index (χ0n) is 10.8. The second kappa shape index (κ2) is 5.85. The molecule has 0 aliphatic rings. The summed E-state index contributed by atoms with van der Waals surface area (Å²) in [5.41, 5.74) is 0.987. The molecule has 3 heteroatoms. The Labute approximate surface area is 108 Å². The van der Waals surface area contributed by atoms with Gasteiger partial charge < -0.3 is 9.15 Å². The van der Waals surface area contributed by atoms with Crippen LogP contribution < -0.4 is 5.32 Å². The summed E-state index contributed by atoms with van der Waals surface area (Å²) in [5.74, 6) is 0.924. The van der Waals surface area contributed by atoms with Crippen molar-refractivity contribution in [2.45, 2.75) is 19.0 Å². The van der Waals surface area contributed by atoms with Gasteiger partial charge in [0.1, 0.15) is 5.76 Å². The molecular formula is C15H19NO2. The molecule has 0 amide bonds. The molecule has 0 fully saturated rings. The van der Waals surface area contributed by atoms with Crippen molar-refractivity contribution in [1.82, 2.24) is 5.32 Å². The highest BCUT2D eigenvalue weighted by atomic mass is 16.5. The first-order valence-corrected chi connectivity index (χ1v) is 6.06. The summed E-state index contributed by atoms with van der Waals surface area (Å²) in [4.78, 5) is 0. The zero-order chi connectivity index (χ0) is 12.8. The van der Waals surface area contributed by atoms with E-state index in [1.807, 2.05) is 30.3 Å². The van der Waals surface area contributed by atoms with Crippen molar-refractivity contribution in [1.29, 1.82) is 0 Å². The molecule has 1 N–H and O–H groups in total. The highest BCUT2D eigenvalue weighted by molar-refractivity contribution is 5.24. The van der Waals surface area contributed by atoms with Gasteiger partial charge in [0.15, 0.2) is 0 Å². The average Bonchev–Trinajstić information content (AvgIpc) is 2.91. The van der Waals surface area contributed by atoms with Crippen LogP contribution >= 0.6 is 0 Å². The number of hydrogen-bond donors (Lipinski definition) is 1. The lowest BCUT2D eigenvalue weighted by Crippen LogP contribution is -2.42. The standard InChI is InChI=1S/C15H19NO2/c1-15(12-17-2,13-7-4-3-5-8-13)16-11-14-9-6-10-18-14/h3-10,16H,11-12H2,1-2H3/t15-/m1/s1. The van der Waals surface area contributed by atoms with Crippen LogP contribution in [0.5, 0.6) is 0 Å². The molecule has 0 unspecified atom stereocenters. The van der Waals surface area contributed by atoms with E-state index in [1.165, 1.54) is 5.56 Å². The third-order valence-electron chi connectivity index (χ3n) is 3.08. The van der Waals surface area contributed by atoms with Gasteiger partial charge in [0, 0.05) is 7.11 Å². The summed E-state index contributed by atoms with van der Waals surface area (Å²) in [6.07, 6.45) is 1.69. The fourth-order valence-electron chi connectivity index (χ4n) is 2.03. The Kier molecular flexibility index (Phi) is 4.18. The van der Waals surface area contributed by atoms with E-state index in [0.29, 0.717) is 13.2 Å². The van der Waals surface area contributed by atoms with Crippen LogP contribution in [0, 0.1) is 0 Å². The van der Waals surface area contributed by atoms with Crippen LogP contribution in [0.25, 0.3) is 0 Å². The molecule has 0 saturated heterocycles. The third kappa shape index (κ3) is 3.00. The van der Waals surface area contributed by atoms with Crippen LogP contribution in [0.1, 0.15) is 18.2 Å². The Morgan fingerprint density at radius 1 is 1.17 bits per heavy atom. The summed E-state index contributed by atoms with van der Waals surface area (Å²) in [6.45, 7) is 3.42. The summed E-state index contributed by atoms with van der Waals surface area (Å²) >= 11 is 0. The van der Waals surface area contributed by atoms with Crippen molar-refractivity contribution < 1.29 is 9.15 Å². The summed E-state index contributed by atoms with van der Waals surface area (Å²) in [5, 5.41) is 3.50. The zero-order valence-corrected chi connectivity index (χ0v) is 10.8. The number of benzene rings is 1. The van der Waals surface area contributed by atoms with E-state index in [1.54, 1.807) is 13.4 Å². The van der Waals surface area contributed by atoms with Crippen LogP contribution in [0.2, 0.25) is 0 Å². The minimum Gasteiger partial charge on any atom is -0.468 e. The summed E-state index contributed by atoms with van der Waals surface area (Å²) in [6, 6.07) is 14.2. The maximum atomic E-state index is 5.34. The molecule has 96 valence electrons. The number of hydrogen-bond acceptors (Lipinski definition) is 3. The first kappa shape index (κ1) is 12.9. The van der Waals surface area contributed by atoms with Crippen LogP contribution in [0.4, 0.5) is 0 Å². The normalized spacial score (nSPS) is 14.3. The first-order chi connectivity index (χ1) is 8.74. The number of nitrogens with one attached hydrogen (secondary N) is 1. The van der Waals surface area contributed by atoms with Crippen molar-refractivity contribution in [2.24, 2.45) is 0 Å². The van der Waals surface area contributed by atoms with E-state index in [4.69, 9.17) is 9.15 Å². The molecule has 0 saturated carbocycles. The Morgan fingerprint density at radius 3 is 2.56 bits per heavy atom. The Hall–Kier alpha value is -1.58. The van der Waals surface area contributed by atoms with Gasteiger partial charge in [0.05, 0.1) is 25.0 Å². The lowest BCUT2D eigenvalue weighted by Gasteiger charge is -2.30. The van der Waals surface area contributed by atoms with Gasteiger partial charge in [-0.15, -0.1) is 0 Å². The van der Waals surface area contributed by atoms with Gasteiger partial charge in [-0.3, -0.25) is 5.32 Å². The topological polar surface area (TPSA) is 34.4 Å². The number of rotatable bonds is 6. The largest absolute Gasteiger partial charge is 0.468 e. The van der Waals surface area contributed by atoms with E-state index in [2.05, 4.69) is 24.4 Å².